The quantitative estimate of drug-likeness (QED) is 0.827. The predicted octanol–water partition coefficient (Wildman–Crippen LogP) is 1.08. The van der Waals surface area contributed by atoms with Crippen LogP contribution in [-0.2, 0) is 17.1 Å². The third-order valence-corrected chi connectivity index (χ3v) is 3.66. The second-order valence-electron chi connectivity index (χ2n) is 3.78. The van der Waals surface area contributed by atoms with E-state index in [4.69, 9.17) is 5.73 Å². The van der Waals surface area contributed by atoms with Gasteiger partial charge in [-0.1, -0.05) is 0 Å². The zero-order valence-corrected chi connectivity index (χ0v) is 10.6. The first kappa shape index (κ1) is 13.3. The summed E-state index contributed by atoms with van der Waals surface area (Å²) in [4.78, 5) is -0.182. The van der Waals surface area contributed by atoms with Gasteiger partial charge in [0.05, 0.1) is 11.9 Å². The highest BCUT2D eigenvalue weighted by atomic mass is 32.2. The fourth-order valence-corrected chi connectivity index (χ4v) is 2.47. The minimum atomic E-state index is -4.07. The third-order valence-electron chi connectivity index (χ3n) is 2.35. The molecule has 2 rings (SSSR count). The van der Waals surface area contributed by atoms with Crippen LogP contribution in [0.25, 0.3) is 0 Å². The zero-order chi connectivity index (χ0) is 14.2. The number of nitrogens with one attached hydrogen (secondary N) is 1. The maximum atomic E-state index is 13.5. The molecule has 0 aliphatic rings. The molecule has 2 aromatic rings. The number of nitrogen functional groups attached to an aromatic ring is 1. The Morgan fingerprint density at radius 3 is 2.63 bits per heavy atom. The summed E-state index contributed by atoms with van der Waals surface area (Å²) < 4.78 is 53.6. The van der Waals surface area contributed by atoms with Gasteiger partial charge in [0.2, 0.25) is 0 Å². The van der Waals surface area contributed by atoms with Crippen LogP contribution in [-0.4, -0.2) is 18.2 Å². The van der Waals surface area contributed by atoms with Gasteiger partial charge < -0.3 is 5.73 Å². The van der Waals surface area contributed by atoms with Crippen molar-refractivity contribution in [2.75, 3.05) is 10.5 Å². The van der Waals surface area contributed by atoms with E-state index in [1.807, 2.05) is 4.72 Å². The van der Waals surface area contributed by atoms with Crippen LogP contribution in [0.2, 0.25) is 0 Å². The maximum absolute atomic E-state index is 13.5. The minimum absolute atomic E-state index is 0.182. The third kappa shape index (κ3) is 2.50. The van der Waals surface area contributed by atoms with E-state index < -0.39 is 27.3 Å². The smallest absolute Gasteiger partial charge is 0.265 e. The molecule has 9 heteroatoms. The Morgan fingerprint density at radius 2 is 2.05 bits per heavy atom. The molecule has 1 heterocycles. The van der Waals surface area contributed by atoms with Crippen molar-refractivity contribution in [2.24, 2.45) is 7.05 Å². The molecule has 0 bridgehead atoms. The van der Waals surface area contributed by atoms with Gasteiger partial charge >= 0.3 is 0 Å². The van der Waals surface area contributed by atoms with E-state index in [2.05, 4.69) is 5.10 Å². The highest BCUT2D eigenvalue weighted by Gasteiger charge is 2.21. The predicted molar refractivity (Wildman–Crippen MR) is 64.8 cm³/mol. The summed E-state index contributed by atoms with van der Waals surface area (Å²) in [5, 5.41) is 3.69. The summed E-state index contributed by atoms with van der Waals surface area (Å²) in [5.74, 6) is -2.55. The number of aryl methyl sites for hydroxylation is 1. The second-order valence-corrected chi connectivity index (χ2v) is 5.46. The number of sulfonamides is 1. The molecule has 0 radical (unpaired) electrons. The number of rotatable bonds is 3. The number of nitrogens with zero attached hydrogens (tertiary/aromatic N) is 2. The molecule has 1 aromatic heterocycles. The minimum Gasteiger partial charge on any atom is -0.397 e. The van der Waals surface area contributed by atoms with Crippen molar-refractivity contribution in [2.45, 2.75) is 4.90 Å². The monoisotopic (exact) mass is 288 g/mol. The number of nitrogens with two attached hydrogens (primary N) is 1. The number of benzene rings is 1. The molecule has 0 saturated heterocycles. The number of aromatic nitrogens is 2. The Kier molecular flexibility index (Phi) is 3.14. The summed E-state index contributed by atoms with van der Waals surface area (Å²) in [6, 6.07) is 1.88. The fourth-order valence-electron chi connectivity index (χ4n) is 1.40. The van der Waals surface area contributed by atoms with E-state index in [0.717, 1.165) is 18.3 Å². The highest BCUT2D eigenvalue weighted by molar-refractivity contribution is 7.92. The Bertz CT molecular complexity index is 727. The van der Waals surface area contributed by atoms with Gasteiger partial charge in [0, 0.05) is 13.2 Å². The average molecular weight is 288 g/mol. The van der Waals surface area contributed by atoms with Gasteiger partial charge in [0.1, 0.15) is 10.6 Å². The molecule has 6 nitrogen and oxygen atoms in total. The summed E-state index contributed by atoms with van der Waals surface area (Å²) in [6.07, 6.45) is 2.30. The van der Waals surface area contributed by atoms with Crippen LogP contribution >= 0.6 is 0 Å². The van der Waals surface area contributed by atoms with E-state index in [1.54, 1.807) is 0 Å². The van der Waals surface area contributed by atoms with E-state index in [9.17, 15) is 17.2 Å². The first-order valence-electron chi connectivity index (χ1n) is 5.06. The van der Waals surface area contributed by atoms with Crippen LogP contribution in [0.3, 0.4) is 0 Å². The molecule has 1 aromatic carbocycles. The molecule has 0 spiro atoms. The molecule has 0 atom stereocenters. The van der Waals surface area contributed by atoms with E-state index in [1.165, 1.54) is 17.9 Å². The number of halogens is 2. The van der Waals surface area contributed by atoms with Gasteiger partial charge in [-0.25, -0.2) is 17.2 Å². The lowest BCUT2D eigenvalue weighted by Gasteiger charge is -2.10. The van der Waals surface area contributed by atoms with Gasteiger partial charge in [0.25, 0.3) is 10.0 Å². The van der Waals surface area contributed by atoms with Gasteiger partial charge in [-0.05, 0) is 12.1 Å². The molecule has 0 amide bonds. The zero-order valence-electron chi connectivity index (χ0n) is 9.76. The van der Waals surface area contributed by atoms with Crippen LogP contribution in [0.4, 0.5) is 20.2 Å². The van der Waals surface area contributed by atoms with E-state index in [0.29, 0.717) is 0 Å². The standard InChI is InChI=1S/C10H10F2N4O2S/c1-16-5-6(4-14-16)19(17,18)15-10-8(13)3-2-7(11)9(10)12/h2-5,15H,13H2,1H3. The molecule has 19 heavy (non-hydrogen) atoms. The SMILES string of the molecule is Cn1cc(S(=O)(=O)Nc2c(N)ccc(F)c2F)cn1. The lowest BCUT2D eigenvalue weighted by Crippen LogP contribution is -2.15. The summed E-state index contributed by atoms with van der Waals surface area (Å²) >= 11 is 0. The van der Waals surface area contributed by atoms with Gasteiger partial charge in [-0.3, -0.25) is 9.40 Å². The molecule has 102 valence electrons. The summed E-state index contributed by atoms with van der Waals surface area (Å²) in [7, 11) is -2.55. The van der Waals surface area contributed by atoms with Gasteiger partial charge in [-0.15, -0.1) is 0 Å². The number of hydrogen-bond acceptors (Lipinski definition) is 4. The molecule has 0 fully saturated rings. The largest absolute Gasteiger partial charge is 0.397 e. The van der Waals surface area contributed by atoms with Crippen LogP contribution in [0, 0.1) is 11.6 Å². The first-order chi connectivity index (χ1) is 8.81. The van der Waals surface area contributed by atoms with Crippen LogP contribution < -0.4 is 10.5 Å². The van der Waals surface area contributed by atoms with Crippen LogP contribution in [0.1, 0.15) is 0 Å². The summed E-state index contributed by atoms with van der Waals surface area (Å²) in [6.45, 7) is 0. The van der Waals surface area contributed by atoms with Crippen LogP contribution in [0.5, 0.6) is 0 Å². The lowest BCUT2D eigenvalue weighted by atomic mass is 10.2. The first-order valence-corrected chi connectivity index (χ1v) is 6.54. The van der Waals surface area contributed by atoms with E-state index >= 15 is 0 Å². The van der Waals surface area contributed by atoms with Crippen molar-refractivity contribution in [1.29, 1.82) is 0 Å². The van der Waals surface area contributed by atoms with Crippen molar-refractivity contribution >= 4 is 21.4 Å². The van der Waals surface area contributed by atoms with Gasteiger partial charge in [0.15, 0.2) is 11.6 Å². The Balaban J connectivity index is 2.44. The van der Waals surface area contributed by atoms with Crippen molar-refractivity contribution < 1.29 is 17.2 Å². The van der Waals surface area contributed by atoms with E-state index in [-0.39, 0.29) is 10.6 Å². The molecular weight excluding hydrogens is 278 g/mol. The topological polar surface area (TPSA) is 90.0 Å². The maximum Gasteiger partial charge on any atom is 0.265 e. The van der Waals surface area contributed by atoms with Gasteiger partial charge in [-0.2, -0.15) is 5.10 Å². The van der Waals surface area contributed by atoms with Crippen molar-refractivity contribution in [1.82, 2.24) is 9.78 Å². The molecule has 0 aliphatic heterocycles. The molecular formula is C10H10F2N4O2S. The molecule has 3 N–H and O–H groups in total. The molecule has 0 saturated carbocycles. The molecule has 0 unspecified atom stereocenters. The Hall–Kier alpha value is -2.16. The number of hydrogen-bond donors (Lipinski definition) is 2. The molecule has 0 aliphatic carbocycles. The van der Waals surface area contributed by atoms with Crippen molar-refractivity contribution in [3.05, 3.63) is 36.2 Å². The average Bonchev–Trinajstić information content (AvgIpc) is 2.77. The normalized spacial score (nSPS) is 11.5. The fraction of sp³-hybridized carbons (Fsp3) is 0.100. The number of anilines is 2. The second kappa shape index (κ2) is 4.50. The Labute approximate surface area is 107 Å². The Morgan fingerprint density at radius 1 is 1.37 bits per heavy atom. The van der Waals surface area contributed by atoms with Crippen molar-refractivity contribution in [3.63, 3.8) is 0 Å². The van der Waals surface area contributed by atoms with Crippen LogP contribution in [0.15, 0.2) is 29.4 Å². The summed E-state index contributed by atoms with van der Waals surface area (Å²) in [5.41, 5.74) is 4.59. The van der Waals surface area contributed by atoms with Crippen molar-refractivity contribution in [3.8, 4) is 0 Å². The lowest BCUT2D eigenvalue weighted by molar-refractivity contribution is 0.512. The highest BCUT2D eigenvalue weighted by Crippen LogP contribution is 2.27.